The monoisotopic (exact) mass is 306 g/mol. The summed E-state index contributed by atoms with van der Waals surface area (Å²) in [6.07, 6.45) is 1.96. The Balaban J connectivity index is 0.000000261. The predicted molar refractivity (Wildman–Crippen MR) is 81.9 cm³/mol. The van der Waals surface area contributed by atoms with Crippen LogP contribution in [0.2, 0.25) is 0 Å². The van der Waals surface area contributed by atoms with Gasteiger partial charge in [-0.05, 0) is 43.7 Å². The lowest BCUT2D eigenvalue weighted by Gasteiger charge is -1.98. The number of phenols is 1. The Kier molecular flexibility index (Phi) is 6.15. The second kappa shape index (κ2) is 7.84. The lowest BCUT2D eigenvalue weighted by Crippen LogP contribution is -2.03. The zero-order chi connectivity index (χ0) is 16.7. The molecule has 0 fully saturated rings. The molecule has 0 unspecified atom stereocenters. The lowest BCUT2D eigenvalue weighted by atomic mass is 10.1. The Labute approximate surface area is 126 Å². The van der Waals surface area contributed by atoms with Gasteiger partial charge >= 0.3 is 11.9 Å². The van der Waals surface area contributed by atoms with Gasteiger partial charge in [0.2, 0.25) is 0 Å². The Morgan fingerprint density at radius 3 is 2.32 bits per heavy atom. The molecular weight excluding hydrogens is 288 g/mol. The van der Waals surface area contributed by atoms with Crippen molar-refractivity contribution in [1.29, 1.82) is 0 Å². The van der Waals surface area contributed by atoms with Crippen LogP contribution in [0.3, 0.4) is 0 Å². The molecule has 1 aromatic carbocycles. The molecule has 1 aromatic heterocycles. The highest BCUT2D eigenvalue weighted by atomic mass is 16.4. The highest BCUT2D eigenvalue weighted by Gasteiger charge is 2.07. The highest BCUT2D eigenvalue weighted by molar-refractivity contribution is 5.89. The fourth-order valence-electron chi connectivity index (χ4n) is 1.98. The van der Waals surface area contributed by atoms with E-state index in [9.17, 15) is 14.7 Å². The maximum absolute atomic E-state index is 9.55. The number of aromatic nitrogens is 1. The van der Waals surface area contributed by atoms with Gasteiger partial charge < -0.3 is 26.0 Å². The van der Waals surface area contributed by atoms with Crippen molar-refractivity contribution in [3.63, 3.8) is 0 Å². The zero-order valence-electron chi connectivity index (χ0n) is 12.0. The van der Waals surface area contributed by atoms with E-state index in [1.807, 2.05) is 13.0 Å². The fraction of sp³-hybridized carbons (Fsp3) is 0.200. The quantitative estimate of drug-likeness (QED) is 0.541. The minimum absolute atomic E-state index is 0.301. The summed E-state index contributed by atoms with van der Waals surface area (Å²) < 4.78 is 0. The second-order valence-electron chi connectivity index (χ2n) is 4.51. The van der Waals surface area contributed by atoms with Crippen molar-refractivity contribution in [2.75, 3.05) is 6.54 Å². The number of aromatic amines is 1. The summed E-state index contributed by atoms with van der Waals surface area (Å²) in [5.41, 5.74) is 8.94. The predicted octanol–water partition coefficient (Wildman–Crippen LogP) is 1.39. The smallest absolute Gasteiger partial charge is 0.328 e. The van der Waals surface area contributed by atoms with Crippen LogP contribution >= 0.6 is 0 Å². The summed E-state index contributed by atoms with van der Waals surface area (Å²) >= 11 is 0. The molecule has 7 heteroatoms. The van der Waals surface area contributed by atoms with E-state index in [0.717, 1.165) is 23.0 Å². The SMILES string of the molecule is Cc1[nH]c2ccc(O)cc2c1CCN.O=C(O)/C=C\C(=O)O. The summed E-state index contributed by atoms with van der Waals surface area (Å²) in [6.45, 7) is 2.66. The minimum Gasteiger partial charge on any atom is -0.508 e. The molecule has 2 rings (SSSR count). The number of aliphatic carboxylic acids is 2. The van der Waals surface area contributed by atoms with Crippen LogP contribution in [-0.4, -0.2) is 38.8 Å². The van der Waals surface area contributed by atoms with Gasteiger partial charge in [0.05, 0.1) is 0 Å². The molecule has 7 nitrogen and oxygen atoms in total. The van der Waals surface area contributed by atoms with Crippen LogP contribution < -0.4 is 5.73 Å². The fourth-order valence-corrected chi connectivity index (χ4v) is 1.98. The summed E-state index contributed by atoms with van der Waals surface area (Å²) in [5.74, 6) is -2.21. The molecule has 118 valence electrons. The number of benzene rings is 1. The van der Waals surface area contributed by atoms with E-state index in [0.29, 0.717) is 24.4 Å². The molecule has 0 saturated carbocycles. The number of H-pyrrole nitrogens is 1. The first-order chi connectivity index (χ1) is 10.3. The van der Waals surface area contributed by atoms with Gasteiger partial charge in [0.25, 0.3) is 0 Å². The van der Waals surface area contributed by atoms with E-state index in [1.54, 1.807) is 12.1 Å². The van der Waals surface area contributed by atoms with Gasteiger partial charge in [0.1, 0.15) is 5.75 Å². The number of phenolic OH excluding ortho intramolecular Hbond substituents is 1. The zero-order valence-corrected chi connectivity index (χ0v) is 12.0. The number of hydrogen-bond acceptors (Lipinski definition) is 4. The largest absolute Gasteiger partial charge is 0.508 e. The lowest BCUT2D eigenvalue weighted by molar-refractivity contribution is -0.134. The van der Waals surface area contributed by atoms with Gasteiger partial charge in [-0.15, -0.1) is 0 Å². The number of carbonyl (C=O) groups is 2. The third-order valence-corrected chi connectivity index (χ3v) is 2.87. The maximum atomic E-state index is 9.55. The molecule has 6 N–H and O–H groups in total. The number of hydrogen-bond donors (Lipinski definition) is 5. The van der Waals surface area contributed by atoms with Crippen LogP contribution in [0.25, 0.3) is 10.9 Å². The average Bonchev–Trinajstić information content (AvgIpc) is 2.74. The highest BCUT2D eigenvalue weighted by Crippen LogP contribution is 2.25. The molecule has 0 bridgehead atoms. The second-order valence-corrected chi connectivity index (χ2v) is 4.51. The van der Waals surface area contributed by atoms with Crippen molar-refractivity contribution in [2.24, 2.45) is 5.73 Å². The standard InChI is InChI=1S/C11H14N2O.C4H4O4/c1-7-9(4-5-12)10-6-8(14)2-3-11(10)13-7;5-3(6)1-2-4(7)8/h2-3,6,13-14H,4-5,12H2,1H3;1-2H,(H,5,6)(H,7,8)/b;2-1-. The normalized spacial score (nSPS) is 10.5. The average molecular weight is 306 g/mol. The van der Waals surface area contributed by atoms with E-state index < -0.39 is 11.9 Å². The molecule has 0 amide bonds. The van der Waals surface area contributed by atoms with Crippen molar-refractivity contribution in [3.8, 4) is 5.75 Å². The summed E-state index contributed by atoms with van der Waals surface area (Å²) in [4.78, 5) is 22.4. The van der Waals surface area contributed by atoms with Gasteiger partial charge in [-0.25, -0.2) is 9.59 Å². The van der Waals surface area contributed by atoms with Crippen molar-refractivity contribution in [1.82, 2.24) is 4.98 Å². The Morgan fingerprint density at radius 2 is 1.82 bits per heavy atom. The van der Waals surface area contributed by atoms with Crippen LogP contribution in [-0.2, 0) is 16.0 Å². The molecule has 0 aliphatic carbocycles. The molecule has 0 saturated heterocycles. The summed E-state index contributed by atoms with van der Waals surface area (Å²) in [6, 6.07) is 5.35. The van der Waals surface area contributed by atoms with E-state index in [1.165, 1.54) is 5.56 Å². The number of carboxylic acids is 2. The van der Waals surface area contributed by atoms with Crippen molar-refractivity contribution in [2.45, 2.75) is 13.3 Å². The van der Waals surface area contributed by atoms with E-state index >= 15 is 0 Å². The van der Waals surface area contributed by atoms with Crippen LogP contribution in [0.15, 0.2) is 30.4 Å². The Hall–Kier alpha value is -2.80. The third-order valence-electron chi connectivity index (χ3n) is 2.87. The first-order valence-electron chi connectivity index (χ1n) is 6.49. The van der Waals surface area contributed by atoms with Gasteiger partial charge in [0, 0.05) is 28.7 Å². The summed E-state index contributed by atoms with van der Waals surface area (Å²) in [7, 11) is 0. The third kappa shape index (κ3) is 4.95. The molecule has 0 aliphatic rings. The van der Waals surface area contributed by atoms with Crippen molar-refractivity contribution in [3.05, 3.63) is 41.6 Å². The molecule has 2 aromatic rings. The minimum atomic E-state index is -1.26. The first-order valence-corrected chi connectivity index (χ1v) is 6.49. The summed E-state index contributed by atoms with van der Waals surface area (Å²) in [5, 5.41) is 26.1. The molecule has 0 aliphatic heterocycles. The van der Waals surface area contributed by atoms with E-state index in [-0.39, 0.29) is 0 Å². The number of aryl methyl sites for hydroxylation is 1. The topological polar surface area (TPSA) is 137 Å². The molecule has 22 heavy (non-hydrogen) atoms. The molecular formula is C15H18N2O5. The Bertz CT molecular complexity index is 687. The van der Waals surface area contributed by atoms with Crippen LogP contribution in [0.1, 0.15) is 11.3 Å². The molecule has 1 heterocycles. The number of fused-ring (bicyclic) bond motifs is 1. The van der Waals surface area contributed by atoms with Gasteiger partial charge in [-0.1, -0.05) is 0 Å². The van der Waals surface area contributed by atoms with Crippen molar-refractivity contribution < 1.29 is 24.9 Å². The molecule has 0 atom stereocenters. The molecule has 0 radical (unpaired) electrons. The van der Waals surface area contributed by atoms with Gasteiger partial charge in [0.15, 0.2) is 0 Å². The van der Waals surface area contributed by atoms with E-state index in [4.69, 9.17) is 15.9 Å². The molecule has 0 spiro atoms. The number of rotatable bonds is 4. The number of carboxylic acid groups (broad SMARTS) is 2. The van der Waals surface area contributed by atoms with Crippen LogP contribution in [0, 0.1) is 6.92 Å². The van der Waals surface area contributed by atoms with Gasteiger partial charge in [-0.2, -0.15) is 0 Å². The first kappa shape index (κ1) is 17.3. The van der Waals surface area contributed by atoms with Gasteiger partial charge in [-0.3, -0.25) is 0 Å². The van der Waals surface area contributed by atoms with Crippen LogP contribution in [0.5, 0.6) is 5.75 Å². The number of nitrogens with two attached hydrogens (primary N) is 1. The number of aromatic hydroxyl groups is 1. The van der Waals surface area contributed by atoms with Crippen LogP contribution in [0.4, 0.5) is 0 Å². The van der Waals surface area contributed by atoms with E-state index in [2.05, 4.69) is 4.98 Å². The Morgan fingerprint density at radius 1 is 1.23 bits per heavy atom. The maximum Gasteiger partial charge on any atom is 0.328 e. The number of nitrogens with one attached hydrogen (secondary N) is 1. The van der Waals surface area contributed by atoms with Crippen molar-refractivity contribution >= 4 is 22.8 Å².